The molecule has 5 aromatic rings. The van der Waals surface area contributed by atoms with Crippen molar-refractivity contribution >= 4 is 53.0 Å². The minimum absolute atomic E-state index is 0. The number of nitrogens with zero attached hydrogens (tertiary/aromatic N) is 6. The summed E-state index contributed by atoms with van der Waals surface area (Å²) in [6.07, 6.45) is 3.80. The van der Waals surface area contributed by atoms with Gasteiger partial charge in [0, 0.05) is 56.1 Å². The molecule has 52 heavy (non-hydrogen) atoms. The van der Waals surface area contributed by atoms with Gasteiger partial charge in [-0.2, -0.15) is 9.97 Å². The molecule has 1 aliphatic heterocycles. The molecule has 2 fully saturated rings. The van der Waals surface area contributed by atoms with Gasteiger partial charge in [0.05, 0.1) is 18.4 Å². The number of pyridine rings is 1. The van der Waals surface area contributed by atoms with Crippen molar-refractivity contribution in [3.05, 3.63) is 103 Å². The van der Waals surface area contributed by atoms with E-state index >= 15 is 0 Å². The largest absolute Gasteiger partial charge is 0.388 e. The lowest BCUT2D eigenvalue weighted by Gasteiger charge is -2.22. The number of halogens is 1. The summed E-state index contributed by atoms with van der Waals surface area (Å²) in [4.78, 5) is 45.6. The Morgan fingerprint density at radius 1 is 0.923 bits per heavy atom. The van der Waals surface area contributed by atoms with Crippen molar-refractivity contribution < 1.29 is 19.8 Å². The number of carbonyl (C=O) groups excluding carboxylic acids is 2. The molecule has 272 valence electrons. The molecule has 7 rings (SSSR count). The molecule has 1 saturated heterocycles. The van der Waals surface area contributed by atoms with Crippen molar-refractivity contribution in [3.8, 4) is 0 Å². The number of benzene rings is 2. The first-order chi connectivity index (χ1) is 24.9. The molecule has 0 spiro atoms. The number of rotatable bonds is 11. The Labute approximate surface area is 307 Å². The fourth-order valence-electron chi connectivity index (χ4n) is 6.99. The van der Waals surface area contributed by atoms with E-state index in [1.165, 1.54) is 0 Å². The number of anilines is 3. The highest BCUT2D eigenvalue weighted by molar-refractivity contribution is 5.89. The molecule has 14 nitrogen and oxygen atoms in total. The normalized spacial score (nSPS) is 21.2. The van der Waals surface area contributed by atoms with E-state index in [-0.39, 0.29) is 42.7 Å². The lowest BCUT2D eigenvalue weighted by atomic mass is 9.91. The fourth-order valence-corrected chi connectivity index (χ4v) is 6.99. The molecule has 0 unspecified atom stereocenters. The van der Waals surface area contributed by atoms with E-state index in [0.717, 1.165) is 11.1 Å². The van der Waals surface area contributed by atoms with Crippen LogP contribution in [0.25, 0.3) is 11.2 Å². The van der Waals surface area contributed by atoms with E-state index in [9.17, 15) is 19.8 Å². The number of fused-ring (bicyclic) bond motifs is 1. The zero-order valence-electron chi connectivity index (χ0n) is 28.7. The molecule has 0 bridgehead atoms. The first-order valence-corrected chi connectivity index (χ1v) is 17.3. The molecule has 1 saturated carbocycles. The van der Waals surface area contributed by atoms with Gasteiger partial charge in [0.1, 0.15) is 12.2 Å². The number of imidazole rings is 1. The molecular weight excluding hydrogens is 684 g/mol. The summed E-state index contributed by atoms with van der Waals surface area (Å²) < 4.78 is 1.78. The first-order valence-electron chi connectivity index (χ1n) is 17.3. The van der Waals surface area contributed by atoms with Gasteiger partial charge in [0.2, 0.25) is 11.9 Å². The lowest BCUT2D eigenvalue weighted by molar-refractivity contribution is -0.122. The Bertz CT molecular complexity index is 1910. The van der Waals surface area contributed by atoms with Gasteiger partial charge < -0.3 is 40.9 Å². The molecule has 2 aliphatic rings. The highest BCUT2D eigenvalue weighted by atomic mass is 35.5. The Kier molecular flexibility index (Phi) is 11.5. The van der Waals surface area contributed by atoms with Gasteiger partial charge in [-0.1, -0.05) is 67.6 Å². The van der Waals surface area contributed by atoms with Crippen LogP contribution in [-0.2, 0) is 4.79 Å². The number of nitrogens with one attached hydrogen (secondary N) is 4. The summed E-state index contributed by atoms with van der Waals surface area (Å²) >= 11 is 0. The van der Waals surface area contributed by atoms with Crippen LogP contribution in [0.5, 0.6) is 0 Å². The summed E-state index contributed by atoms with van der Waals surface area (Å²) in [5.74, 6) is 0.792. The predicted molar refractivity (Wildman–Crippen MR) is 201 cm³/mol. The maximum Gasteiger partial charge on any atom is 0.319 e. The summed E-state index contributed by atoms with van der Waals surface area (Å²) in [5, 5.41) is 34.4. The SMILES string of the molecule is CCC(=O)N[C@H]1C[C@@H](n2cnc3c(NCC(c4ccccc4)c4ccccc4)nc(N4CC[C@@H](NC(=O)Nc5ccncc5)C4)nc32)[C@H](O)[C@@H]1O.Cl. The van der Waals surface area contributed by atoms with Crippen LogP contribution in [-0.4, -0.2) is 90.6 Å². The van der Waals surface area contributed by atoms with E-state index in [2.05, 4.69) is 50.5 Å². The number of aromatic nitrogens is 5. The van der Waals surface area contributed by atoms with Crippen molar-refractivity contribution in [2.24, 2.45) is 0 Å². The van der Waals surface area contributed by atoms with Crippen LogP contribution in [0.1, 0.15) is 49.3 Å². The number of carbonyl (C=O) groups is 2. The second-order valence-corrected chi connectivity index (χ2v) is 13.0. The Hall–Kier alpha value is -5.31. The summed E-state index contributed by atoms with van der Waals surface area (Å²) in [6.45, 7) is 3.34. The summed E-state index contributed by atoms with van der Waals surface area (Å²) in [6, 6.07) is 22.3. The number of aliphatic hydroxyl groups excluding tert-OH is 2. The lowest BCUT2D eigenvalue weighted by Crippen LogP contribution is -2.42. The third kappa shape index (κ3) is 7.93. The first kappa shape index (κ1) is 36.5. The summed E-state index contributed by atoms with van der Waals surface area (Å²) in [5.41, 5.74) is 3.95. The second kappa shape index (κ2) is 16.4. The van der Waals surface area contributed by atoms with E-state index in [1.807, 2.05) is 41.3 Å². The van der Waals surface area contributed by atoms with Crippen LogP contribution in [0.2, 0.25) is 0 Å². The van der Waals surface area contributed by atoms with Crippen molar-refractivity contribution in [2.75, 3.05) is 35.2 Å². The number of hydrogen-bond donors (Lipinski definition) is 6. The molecular formula is C37H43ClN10O4. The Morgan fingerprint density at radius 2 is 1.62 bits per heavy atom. The molecule has 3 amide bonds. The Balaban J connectivity index is 0.00000464. The zero-order chi connectivity index (χ0) is 35.3. The third-order valence-corrected chi connectivity index (χ3v) is 9.71. The van der Waals surface area contributed by atoms with Crippen LogP contribution in [0.15, 0.2) is 91.5 Å². The molecule has 15 heteroatoms. The van der Waals surface area contributed by atoms with Crippen LogP contribution in [0, 0.1) is 0 Å². The maximum atomic E-state index is 12.8. The quantitative estimate of drug-likeness (QED) is 0.117. The predicted octanol–water partition coefficient (Wildman–Crippen LogP) is 3.85. The number of aliphatic hydroxyl groups is 2. The van der Waals surface area contributed by atoms with Gasteiger partial charge >= 0.3 is 6.03 Å². The molecule has 5 atom stereocenters. The van der Waals surface area contributed by atoms with E-state index in [0.29, 0.717) is 61.1 Å². The Morgan fingerprint density at radius 3 is 2.29 bits per heavy atom. The van der Waals surface area contributed by atoms with Crippen molar-refractivity contribution in [1.29, 1.82) is 0 Å². The molecule has 0 radical (unpaired) electrons. The third-order valence-electron chi connectivity index (χ3n) is 9.71. The molecule has 3 aromatic heterocycles. The van der Waals surface area contributed by atoms with Gasteiger partial charge in [-0.3, -0.25) is 9.78 Å². The van der Waals surface area contributed by atoms with Crippen LogP contribution in [0.4, 0.5) is 22.2 Å². The highest BCUT2D eigenvalue weighted by Gasteiger charge is 2.44. The highest BCUT2D eigenvalue weighted by Crippen LogP contribution is 2.35. The minimum Gasteiger partial charge on any atom is -0.388 e. The smallest absolute Gasteiger partial charge is 0.319 e. The summed E-state index contributed by atoms with van der Waals surface area (Å²) in [7, 11) is 0. The van der Waals surface area contributed by atoms with E-state index in [1.54, 1.807) is 42.3 Å². The molecule has 4 heterocycles. The number of urea groups is 1. The molecule has 6 N–H and O–H groups in total. The number of amides is 3. The van der Waals surface area contributed by atoms with Gasteiger partial charge in [-0.15, -0.1) is 12.4 Å². The van der Waals surface area contributed by atoms with Crippen molar-refractivity contribution in [3.63, 3.8) is 0 Å². The van der Waals surface area contributed by atoms with Gasteiger partial charge in [-0.05, 0) is 36.1 Å². The van der Waals surface area contributed by atoms with E-state index < -0.39 is 24.3 Å². The maximum absolute atomic E-state index is 12.8. The minimum atomic E-state index is -1.15. The molecule has 2 aromatic carbocycles. The van der Waals surface area contributed by atoms with Gasteiger partial charge in [0.25, 0.3) is 0 Å². The van der Waals surface area contributed by atoms with Crippen molar-refractivity contribution in [1.82, 2.24) is 35.1 Å². The fraction of sp³-hybridized carbons (Fsp3) is 0.351. The standard InChI is InChI=1S/C37H42N10O4.ClH/c1-2-30(48)43-28-19-29(33(50)32(28)49)47-22-40-31-34(39-20-27(23-9-5-3-6-10-23)24-11-7-4-8-12-24)44-36(45-35(31)47)46-18-15-26(21-46)42-37(51)41-25-13-16-38-17-14-25;/h3-14,16-17,22,26-29,32-33,49-50H,2,15,18-21H2,1H3,(H,43,48)(H,39,44,45)(H2,38,41,42,51);1H/t26-,28+,29-,32-,33+;/m1./s1. The zero-order valence-corrected chi connectivity index (χ0v) is 29.5. The number of hydrogen-bond acceptors (Lipinski definition) is 10. The monoisotopic (exact) mass is 726 g/mol. The van der Waals surface area contributed by atoms with Gasteiger partial charge in [-0.25, -0.2) is 9.78 Å². The van der Waals surface area contributed by atoms with Crippen molar-refractivity contribution in [2.45, 2.75) is 62.4 Å². The van der Waals surface area contributed by atoms with Crippen LogP contribution < -0.4 is 26.2 Å². The van der Waals surface area contributed by atoms with Gasteiger partial charge in [0.15, 0.2) is 17.0 Å². The molecule has 1 aliphatic carbocycles. The second-order valence-electron chi connectivity index (χ2n) is 13.0. The average molecular weight is 727 g/mol. The average Bonchev–Trinajstić information content (AvgIpc) is 3.87. The topological polar surface area (TPSA) is 182 Å². The van der Waals surface area contributed by atoms with E-state index in [4.69, 9.17) is 15.0 Å². The van der Waals surface area contributed by atoms with Crippen LogP contribution in [0.3, 0.4) is 0 Å². The van der Waals surface area contributed by atoms with Crippen LogP contribution >= 0.6 is 12.4 Å².